The van der Waals surface area contributed by atoms with Crippen molar-refractivity contribution >= 4 is 46.4 Å². The van der Waals surface area contributed by atoms with Crippen molar-refractivity contribution in [3.8, 4) is 27.3 Å². The Hall–Kier alpha value is -6.65. The molecule has 70 heavy (non-hydrogen) atoms. The van der Waals surface area contributed by atoms with Crippen LogP contribution in [0.4, 0.5) is 11.4 Å². The smallest absolute Gasteiger partial charge is 0.303 e. The van der Waals surface area contributed by atoms with Gasteiger partial charge in [0.15, 0.2) is 0 Å². The molecule has 4 heterocycles. The predicted molar refractivity (Wildman–Crippen MR) is 272 cm³/mol. The van der Waals surface area contributed by atoms with Crippen LogP contribution in [0.5, 0.6) is 0 Å². The van der Waals surface area contributed by atoms with Crippen LogP contribution in [-0.4, -0.2) is 91.8 Å². The molecule has 1 aliphatic heterocycles. The molecule has 0 spiro atoms. The van der Waals surface area contributed by atoms with E-state index >= 15 is 0 Å². The van der Waals surface area contributed by atoms with Crippen LogP contribution in [0.3, 0.4) is 0 Å². The lowest BCUT2D eigenvalue weighted by Crippen LogP contribution is -2.58. The predicted octanol–water partition coefficient (Wildman–Crippen LogP) is 9.62. The summed E-state index contributed by atoms with van der Waals surface area (Å²) in [6, 6.07) is 20.5. The SMILES string of the molecule is Cc1cn(-c2ccc(N(CCCCCOCC(=O)N[C@H](C(=O)N3C[C@@H](CC(=O)O)C[C@H]3C(=O)N[C@@H](C)c3ccc(-c4scnc4C)cc3)C(C)(C)C)c3cc(-c4c(C)noc4C)ccc3C)cc2)cn1. The molecule has 1 saturated heterocycles. The molecule has 3 aromatic carbocycles. The third-order valence-corrected chi connectivity index (χ3v) is 14.0. The number of thiazole rings is 1. The number of benzene rings is 3. The maximum Gasteiger partial charge on any atom is 0.303 e. The standard InChI is InChI=1S/C54H66N8O7S/c1-33-13-14-42(49-36(4)59-69-38(49)6)27-45(33)61(44-21-19-43(20-22-44)60-28-34(2)55-31-60)23-11-10-12-24-68-30-47(63)58-51(54(7,8)9)53(67)62-29-39(26-48(64)65)25-46(62)52(66)57-35(3)40-15-17-41(18-16-40)50-37(5)56-32-70-50/h13-22,27-28,31-32,35,39,46,51H,10-12,23-26,29-30H2,1-9H3,(H,57,66)(H,58,63)(H,64,65)/t35-,39+,46-,51+/m0/s1. The van der Waals surface area contributed by atoms with Crippen LogP contribution < -0.4 is 15.5 Å². The Bertz CT molecular complexity index is 2750. The summed E-state index contributed by atoms with van der Waals surface area (Å²) in [7, 11) is 0. The van der Waals surface area contributed by atoms with Crippen molar-refractivity contribution < 1.29 is 33.5 Å². The first-order valence-electron chi connectivity index (χ1n) is 24.0. The summed E-state index contributed by atoms with van der Waals surface area (Å²) in [5.41, 5.74) is 12.0. The van der Waals surface area contributed by atoms with Crippen molar-refractivity contribution in [3.63, 3.8) is 0 Å². The van der Waals surface area contributed by atoms with Gasteiger partial charge in [-0.05, 0) is 131 Å². The third-order valence-electron chi connectivity index (χ3n) is 13.0. The highest BCUT2D eigenvalue weighted by Gasteiger charge is 2.45. The highest BCUT2D eigenvalue weighted by Crippen LogP contribution is 2.36. The summed E-state index contributed by atoms with van der Waals surface area (Å²) in [6.07, 6.45) is 6.22. The van der Waals surface area contributed by atoms with Crippen LogP contribution in [0.1, 0.15) is 99.8 Å². The number of rotatable bonds is 20. The van der Waals surface area contributed by atoms with Crippen molar-refractivity contribution in [1.29, 1.82) is 0 Å². The van der Waals surface area contributed by atoms with E-state index in [2.05, 4.69) is 80.0 Å². The first kappa shape index (κ1) is 51.2. The van der Waals surface area contributed by atoms with Gasteiger partial charge in [0.25, 0.3) is 0 Å². The fraction of sp³-hybridized carbons (Fsp3) is 0.426. The van der Waals surface area contributed by atoms with Gasteiger partial charge in [-0.15, -0.1) is 11.3 Å². The molecular formula is C54H66N8O7S. The second-order valence-electron chi connectivity index (χ2n) is 19.6. The van der Waals surface area contributed by atoms with Gasteiger partial charge in [0, 0.05) is 54.9 Å². The Labute approximate surface area is 414 Å². The fourth-order valence-electron chi connectivity index (χ4n) is 9.24. The highest BCUT2D eigenvalue weighted by molar-refractivity contribution is 7.13. The van der Waals surface area contributed by atoms with Crippen LogP contribution in [0.15, 0.2) is 89.3 Å². The highest BCUT2D eigenvalue weighted by atomic mass is 32.1. The number of hydrogen-bond donors (Lipinski definition) is 3. The molecule has 1 fully saturated rings. The number of imidazole rings is 1. The molecular weight excluding hydrogens is 905 g/mol. The van der Waals surface area contributed by atoms with Gasteiger partial charge in [0.2, 0.25) is 17.7 Å². The van der Waals surface area contributed by atoms with E-state index in [1.54, 1.807) is 11.3 Å². The molecule has 7 rings (SSSR count). The van der Waals surface area contributed by atoms with Gasteiger partial charge in [-0.1, -0.05) is 62.3 Å². The van der Waals surface area contributed by atoms with E-state index in [0.29, 0.717) is 13.0 Å². The Balaban J connectivity index is 0.949. The number of anilines is 2. The molecule has 0 saturated carbocycles. The third kappa shape index (κ3) is 12.4. The molecule has 0 aliphatic carbocycles. The number of hydrogen-bond acceptors (Lipinski definition) is 11. The monoisotopic (exact) mass is 970 g/mol. The Morgan fingerprint density at radius 1 is 0.914 bits per heavy atom. The minimum absolute atomic E-state index is 0.0830. The summed E-state index contributed by atoms with van der Waals surface area (Å²) in [6.45, 7) is 18.3. The number of aliphatic carboxylic acids is 1. The van der Waals surface area contributed by atoms with Crippen molar-refractivity contribution in [2.45, 2.75) is 113 Å². The average molecular weight is 971 g/mol. The van der Waals surface area contributed by atoms with Crippen LogP contribution in [0.25, 0.3) is 27.3 Å². The zero-order valence-electron chi connectivity index (χ0n) is 41.7. The van der Waals surface area contributed by atoms with Gasteiger partial charge in [0.1, 0.15) is 24.5 Å². The normalized spacial score (nSPS) is 15.7. The van der Waals surface area contributed by atoms with Crippen LogP contribution >= 0.6 is 11.3 Å². The minimum Gasteiger partial charge on any atom is -0.481 e. The van der Waals surface area contributed by atoms with Crippen LogP contribution in [0, 0.1) is 46.0 Å². The summed E-state index contributed by atoms with van der Waals surface area (Å²) in [4.78, 5) is 67.3. The number of carbonyl (C=O) groups excluding carboxylic acids is 3. The lowest BCUT2D eigenvalue weighted by atomic mass is 9.85. The van der Waals surface area contributed by atoms with Crippen molar-refractivity contribution in [2.24, 2.45) is 11.3 Å². The second kappa shape index (κ2) is 22.4. The van der Waals surface area contributed by atoms with Gasteiger partial charge in [-0.2, -0.15) is 0 Å². The van der Waals surface area contributed by atoms with Gasteiger partial charge >= 0.3 is 5.97 Å². The second-order valence-corrected chi connectivity index (χ2v) is 20.5. The average Bonchev–Trinajstić information content (AvgIpc) is 4.14. The summed E-state index contributed by atoms with van der Waals surface area (Å²) >= 11 is 1.57. The molecule has 16 heteroatoms. The van der Waals surface area contributed by atoms with E-state index in [4.69, 9.17) is 9.26 Å². The van der Waals surface area contributed by atoms with Crippen molar-refractivity contribution in [2.75, 3.05) is 31.2 Å². The topological polar surface area (TPSA) is 185 Å². The fourth-order valence-corrected chi connectivity index (χ4v) is 10.1. The van der Waals surface area contributed by atoms with E-state index in [1.165, 1.54) is 4.90 Å². The molecule has 6 aromatic rings. The summed E-state index contributed by atoms with van der Waals surface area (Å²) in [5, 5.41) is 19.8. The molecule has 4 atom stereocenters. The van der Waals surface area contributed by atoms with Gasteiger partial charge in [-0.25, -0.2) is 9.97 Å². The zero-order chi connectivity index (χ0) is 50.3. The number of carboxylic acids is 1. The Morgan fingerprint density at radius 2 is 1.64 bits per heavy atom. The Kier molecular flexibility index (Phi) is 16.4. The quantitative estimate of drug-likeness (QED) is 0.0619. The number of likely N-dealkylation sites (tertiary alicyclic amines) is 1. The molecule has 15 nitrogen and oxygen atoms in total. The Morgan fingerprint density at radius 3 is 2.27 bits per heavy atom. The molecule has 3 N–H and O–H groups in total. The van der Waals surface area contributed by atoms with E-state index in [9.17, 15) is 24.3 Å². The summed E-state index contributed by atoms with van der Waals surface area (Å²) < 4.78 is 13.4. The molecule has 3 aromatic heterocycles. The number of aryl methyl sites for hydroxylation is 5. The molecule has 0 radical (unpaired) electrons. The first-order chi connectivity index (χ1) is 33.4. The van der Waals surface area contributed by atoms with E-state index < -0.39 is 41.2 Å². The van der Waals surface area contributed by atoms with Gasteiger partial charge < -0.3 is 39.4 Å². The van der Waals surface area contributed by atoms with Crippen LogP contribution in [0.2, 0.25) is 0 Å². The van der Waals surface area contributed by atoms with E-state index in [-0.39, 0.29) is 37.9 Å². The molecule has 0 bridgehead atoms. The van der Waals surface area contributed by atoms with Crippen molar-refractivity contribution in [1.82, 2.24) is 35.2 Å². The molecule has 3 amide bonds. The van der Waals surface area contributed by atoms with E-state index in [1.807, 2.05) is 102 Å². The maximum absolute atomic E-state index is 14.5. The maximum atomic E-state index is 14.5. The number of nitrogens with zero attached hydrogens (tertiary/aromatic N) is 6. The lowest BCUT2D eigenvalue weighted by molar-refractivity contribution is -0.144. The molecule has 0 unspecified atom stereocenters. The number of carboxylic acid groups (broad SMARTS) is 1. The van der Waals surface area contributed by atoms with Gasteiger partial charge in [-0.3, -0.25) is 19.2 Å². The molecule has 1 aliphatic rings. The number of nitrogens with one attached hydrogen (secondary N) is 2. The number of amides is 3. The minimum atomic E-state index is -1.00. The first-order valence-corrected chi connectivity index (χ1v) is 24.9. The summed E-state index contributed by atoms with van der Waals surface area (Å²) in [5.74, 6) is -1.92. The zero-order valence-corrected chi connectivity index (χ0v) is 42.6. The number of unbranched alkanes of at least 4 members (excludes halogenated alkanes) is 2. The number of carbonyl (C=O) groups is 4. The number of aromatic nitrogens is 4. The molecule has 370 valence electrons. The van der Waals surface area contributed by atoms with Crippen LogP contribution in [-0.2, 0) is 23.9 Å². The largest absolute Gasteiger partial charge is 0.481 e. The van der Waals surface area contributed by atoms with Crippen molar-refractivity contribution in [3.05, 3.63) is 119 Å². The van der Waals surface area contributed by atoms with Gasteiger partial charge in [0.05, 0.1) is 39.8 Å². The lowest BCUT2D eigenvalue weighted by Gasteiger charge is -2.35. The van der Waals surface area contributed by atoms with E-state index in [0.717, 1.165) is 92.0 Å². The number of ether oxygens (including phenoxy) is 1.